The lowest BCUT2D eigenvalue weighted by Gasteiger charge is -2.15. The fourth-order valence-corrected chi connectivity index (χ4v) is 5.51. The molecule has 3 heterocycles. The standard InChI is InChI=1S/C24H20FN5O2S2/c25-17-7-3-14(4-8-17)9-27-23(31)18-11-30(24(32)21-19(26)12-33-22(18)21)10-15-1-5-16(6-2-15)20-13-34-29-28-20/h1-8,11,13,19H,9-10,12,26H2,(H,27,31)/t19-/m0/s1. The van der Waals surface area contributed by atoms with Gasteiger partial charge in [-0.3, -0.25) is 9.59 Å². The summed E-state index contributed by atoms with van der Waals surface area (Å²) in [5.74, 6) is -0.0904. The summed E-state index contributed by atoms with van der Waals surface area (Å²) in [6, 6.07) is 13.2. The van der Waals surface area contributed by atoms with Gasteiger partial charge in [-0.1, -0.05) is 40.9 Å². The van der Waals surface area contributed by atoms with E-state index in [4.69, 9.17) is 5.73 Å². The Kier molecular flexibility index (Phi) is 6.27. The molecule has 172 valence electrons. The molecule has 3 N–H and O–H groups in total. The SMILES string of the molecule is N[C@H]1CSc2c(C(=O)NCc3ccc(F)cc3)cn(Cc3ccc(-c4csnn4)cc3)c(=O)c21. The van der Waals surface area contributed by atoms with Gasteiger partial charge in [-0.05, 0) is 34.8 Å². The van der Waals surface area contributed by atoms with Gasteiger partial charge in [0.2, 0.25) is 0 Å². The molecule has 1 aliphatic rings. The van der Waals surface area contributed by atoms with Crippen molar-refractivity contribution in [3.8, 4) is 11.3 Å². The number of benzene rings is 2. The number of halogens is 1. The van der Waals surface area contributed by atoms with Crippen LogP contribution >= 0.6 is 23.3 Å². The smallest absolute Gasteiger partial charge is 0.256 e. The molecule has 4 aromatic rings. The number of carbonyl (C=O) groups is 1. The second-order valence-electron chi connectivity index (χ2n) is 7.93. The van der Waals surface area contributed by atoms with Crippen LogP contribution in [-0.2, 0) is 13.1 Å². The molecule has 0 unspecified atom stereocenters. The molecule has 2 aromatic carbocycles. The van der Waals surface area contributed by atoms with Gasteiger partial charge < -0.3 is 15.6 Å². The summed E-state index contributed by atoms with van der Waals surface area (Å²) in [6.45, 7) is 0.550. The van der Waals surface area contributed by atoms with Gasteiger partial charge in [-0.2, -0.15) is 0 Å². The van der Waals surface area contributed by atoms with Crippen molar-refractivity contribution in [3.63, 3.8) is 0 Å². The van der Waals surface area contributed by atoms with Crippen molar-refractivity contribution >= 4 is 29.2 Å². The van der Waals surface area contributed by atoms with E-state index in [9.17, 15) is 14.0 Å². The molecule has 1 atom stereocenters. The predicted molar refractivity (Wildman–Crippen MR) is 130 cm³/mol. The summed E-state index contributed by atoms with van der Waals surface area (Å²) in [7, 11) is 0. The number of pyridine rings is 1. The fourth-order valence-electron chi connectivity index (χ4n) is 3.84. The molecule has 1 aliphatic heterocycles. The number of aromatic nitrogens is 3. The molecule has 0 radical (unpaired) electrons. The number of carbonyl (C=O) groups excluding carboxylic acids is 1. The molecule has 0 bridgehead atoms. The third-order valence-electron chi connectivity index (χ3n) is 5.62. The number of nitrogens with two attached hydrogens (primary N) is 1. The van der Waals surface area contributed by atoms with Gasteiger partial charge in [-0.15, -0.1) is 16.9 Å². The van der Waals surface area contributed by atoms with Gasteiger partial charge in [0.25, 0.3) is 11.5 Å². The van der Waals surface area contributed by atoms with E-state index in [1.54, 1.807) is 18.3 Å². The van der Waals surface area contributed by atoms with Crippen LogP contribution in [0.5, 0.6) is 0 Å². The summed E-state index contributed by atoms with van der Waals surface area (Å²) >= 11 is 2.71. The molecule has 1 amide bonds. The molecule has 7 nitrogen and oxygen atoms in total. The van der Waals surface area contributed by atoms with Crippen molar-refractivity contribution in [3.05, 3.63) is 98.5 Å². The highest BCUT2D eigenvalue weighted by molar-refractivity contribution is 7.99. The van der Waals surface area contributed by atoms with Gasteiger partial charge >= 0.3 is 0 Å². The molecule has 10 heteroatoms. The van der Waals surface area contributed by atoms with E-state index in [1.807, 2.05) is 29.6 Å². The second kappa shape index (κ2) is 9.49. The molecular weight excluding hydrogens is 473 g/mol. The summed E-state index contributed by atoms with van der Waals surface area (Å²) in [5.41, 5.74) is 10.4. The molecular formula is C24H20FN5O2S2. The van der Waals surface area contributed by atoms with E-state index in [-0.39, 0.29) is 23.8 Å². The van der Waals surface area contributed by atoms with Crippen LogP contribution in [0.15, 0.2) is 69.8 Å². The van der Waals surface area contributed by atoms with Crippen molar-refractivity contribution in [2.24, 2.45) is 5.73 Å². The highest BCUT2D eigenvalue weighted by atomic mass is 32.2. The minimum atomic E-state index is -0.428. The maximum absolute atomic E-state index is 13.2. The highest BCUT2D eigenvalue weighted by Crippen LogP contribution is 2.37. The van der Waals surface area contributed by atoms with Crippen LogP contribution in [0, 0.1) is 5.82 Å². The Bertz CT molecular complexity index is 1390. The van der Waals surface area contributed by atoms with Crippen LogP contribution < -0.4 is 16.6 Å². The van der Waals surface area contributed by atoms with Gasteiger partial charge in [0.05, 0.1) is 12.1 Å². The highest BCUT2D eigenvalue weighted by Gasteiger charge is 2.29. The zero-order chi connectivity index (χ0) is 23.7. The molecule has 0 aliphatic carbocycles. The Hall–Kier alpha value is -3.34. The summed E-state index contributed by atoms with van der Waals surface area (Å²) < 4.78 is 18.6. The van der Waals surface area contributed by atoms with Crippen LogP contribution in [-0.4, -0.2) is 25.8 Å². The largest absolute Gasteiger partial charge is 0.348 e. The number of hydrogen-bond donors (Lipinski definition) is 2. The Morgan fingerprint density at radius 2 is 1.88 bits per heavy atom. The first-order valence-electron chi connectivity index (χ1n) is 10.5. The number of hydrogen-bond acceptors (Lipinski definition) is 7. The molecule has 0 spiro atoms. The maximum atomic E-state index is 13.2. The van der Waals surface area contributed by atoms with Crippen molar-refractivity contribution < 1.29 is 9.18 Å². The van der Waals surface area contributed by atoms with Crippen molar-refractivity contribution in [1.82, 2.24) is 19.5 Å². The first kappa shape index (κ1) is 22.5. The normalized spacial score (nSPS) is 14.7. The Morgan fingerprint density at radius 3 is 2.59 bits per heavy atom. The van der Waals surface area contributed by atoms with Crippen LogP contribution in [0.4, 0.5) is 4.39 Å². The monoisotopic (exact) mass is 493 g/mol. The number of fused-ring (bicyclic) bond motifs is 1. The lowest BCUT2D eigenvalue weighted by molar-refractivity contribution is 0.0947. The lowest BCUT2D eigenvalue weighted by Crippen LogP contribution is -2.31. The Labute approximate surface area is 203 Å². The summed E-state index contributed by atoms with van der Waals surface area (Å²) in [6.07, 6.45) is 1.60. The van der Waals surface area contributed by atoms with E-state index in [0.29, 0.717) is 28.3 Å². The van der Waals surface area contributed by atoms with Crippen LogP contribution in [0.25, 0.3) is 11.3 Å². The van der Waals surface area contributed by atoms with Crippen LogP contribution in [0.2, 0.25) is 0 Å². The fraction of sp³-hybridized carbons (Fsp3) is 0.167. The Balaban J connectivity index is 1.42. The summed E-state index contributed by atoms with van der Waals surface area (Å²) in [5, 5.41) is 8.81. The van der Waals surface area contributed by atoms with Gasteiger partial charge in [0, 0.05) is 45.9 Å². The van der Waals surface area contributed by atoms with E-state index in [2.05, 4.69) is 14.9 Å². The third-order valence-corrected chi connectivity index (χ3v) is 7.38. The number of amides is 1. The maximum Gasteiger partial charge on any atom is 0.256 e. The average Bonchev–Trinajstić information content (AvgIpc) is 3.51. The molecule has 0 saturated heterocycles. The van der Waals surface area contributed by atoms with Crippen molar-refractivity contribution in [2.45, 2.75) is 24.0 Å². The zero-order valence-corrected chi connectivity index (χ0v) is 19.5. The first-order valence-corrected chi connectivity index (χ1v) is 12.4. The van der Waals surface area contributed by atoms with E-state index in [0.717, 1.165) is 22.4 Å². The van der Waals surface area contributed by atoms with E-state index in [1.165, 1.54) is 40.0 Å². The molecule has 34 heavy (non-hydrogen) atoms. The topological polar surface area (TPSA) is 103 Å². The summed E-state index contributed by atoms with van der Waals surface area (Å²) in [4.78, 5) is 26.9. The van der Waals surface area contributed by atoms with Gasteiger partial charge in [-0.25, -0.2) is 4.39 Å². The molecule has 0 saturated carbocycles. The van der Waals surface area contributed by atoms with E-state index >= 15 is 0 Å². The van der Waals surface area contributed by atoms with Crippen molar-refractivity contribution in [2.75, 3.05) is 5.75 Å². The van der Waals surface area contributed by atoms with E-state index < -0.39 is 6.04 Å². The van der Waals surface area contributed by atoms with Gasteiger partial charge in [0.1, 0.15) is 11.5 Å². The molecule has 0 fully saturated rings. The predicted octanol–water partition coefficient (Wildman–Crippen LogP) is 3.59. The minimum absolute atomic E-state index is 0.185. The molecule has 2 aromatic heterocycles. The number of rotatable bonds is 6. The Morgan fingerprint density at radius 1 is 1.15 bits per heavy atom. The number of nitrogens with zero attached hydrogens (tertiary/aromatic N) is 3. The molecule has 5 rings (SSSR count). The van der Waals surface area contributed by atoms with Crippen molar-refractivity contribution in [1.29, 1.82) is 0 Å². The zero-order valence-electron chi connectivity index (χ0n) is 17.9. The van der Waals surface area contributed by atoms with Gasteiger partial charge in [0.15, 0.2) is 0 Å². The number of nitrogens with one attached hydrogen (secondary N) is 1. The number of thioether (sulfide) groups is 1. The second-order valence-corrected chi connectivity index (χ2v) is 9.57. The van der Waals surface area contributed by atoms with Crippen LogP contribution in [0.3, 0.4) is 0 Å². The minimum Gasteiger partial charge on any atom is -0.348 e. The third kappa shape index (κ3) is 4.52. The first-order chi connectivity index (χ1) is 16.5. The lowest BCUT2D eigenvalue weighted by atomic mass is 10.1. The average molecular weight is 494 g/mol. The quantitative estimate of drug-likeness (QED) is 0.426. The van der Waals surface area contributed by atoms with Crippen LogP contribution in [0.1, 0.15) is 33.1 Å².